The number of thioether (sulfide) groups is 1. The minimum atomic E-state index is 0.0603. The van der Waals surface area contributed by atoms with Crippen molar-refractivity contribution in [2.45, 2.75) is 20.8 Å². The maximum atomic E-state index is 12.5. The molecule has 20 heavy (non-hydrogen) atoms. The molecule has 0 spiro atoms. The Balaban J connectivity index is 2.41. The van der Waals surface area contributed by atoms with Crippen LogP contribution >= 0.6 is 27.7 Å². The molecule has 0 bridgehead atoms. The predicted molar refractivity (Wildman–Crippen MR) is 89.7 cm³/mol. The summed E-state index contributed by atoms with van der Waals surface area (Å²) in [4.78, 5) is 19.4. The van der Waals surface area contributed by atoms with Gasteiger partial charge in [-0.05, 0) is 55.8 Å². The molecule has 1 fully saturated rings. The molecule has 5 heteroatoms. The number of likely N-dealkylation sites (N-methyl/N-ethyl adjacent to an activating group) is 1. The van der Waals surface area contributed by atoms with E-state index in [2.05, 4.69) is 20.9 Å². The Bertz CT molecular complexity index is 578. The molecular formula is C15H17BrN2OS. The number of halogens is 1. The molecule has 1 aromatic carbocycles. The first-order valence-electron chi connectivity index (χ1n) is 6.59. The second-order valence-electron chi connectivity index (χ2n) is 4.37. The average Bonchev–Trinajstić information content (AvgIpc) is 2.75. The molecule has 1 saturated heterocycles. The summed E-state index contributed by atoms with van der Waals surface area (Å²) in [7, 11) is 0. The molecule has 1 aromatic rings. The predicted octanol–water partition coefficient (Wildman–Crippen LogP) is 4.15. The first-order chi connectivity index (χ1) is 9.58. The van der Waals surface area contributed by atoms with Crippen molar-refractivity contribution < 1.29 is 4.79 Å². The van der Waals surface area contributed by atoms with Crippen LogP contribution in [0.5, 0.6) is 0 Å². The summed E-state index contributed by atoms with van der Waals surface area (Å²) in [5.74, 6) is 0.0603. The maximum absolute atomic E-state index is 12.5. The van der Waals surface area contributed by atoms with Crippen molar-refractivity contribution in [2.75, 3.05) is 13.1 Å². The molecule has 0 aliphatic carbocycles. The summed E-state index contributed by atoms with van der Waals surface area (Å²) in [5, 5.41) is 0.812. The first kappa shape index (κ1) is 15.3. The number of carbonyl (C=O) groups is 1. The van der Waals surface area contributed by atoms with Crippen LogP contribution in [0.4, 0.5) is 0 Å². The van der Waals surface area contributed by atoms with Gasteiger partial charge in [0, 0.05) is 17.6 Å². The van der Waals surface area contributed by atoms with Crippen molar-refractivity contribution in [1.82, 2.24) is 4.90 Å². The van der Waals surface area contributed by atoms with Crippen molar-refractivity contribution in [3.63, 3.8) is 0 Å². The Morgan fingerprint density at radius 2 is 1.95 bits per heavy atom. The summed E-state index contributed by atoms with van der Waals surface area (Å²) < 4.78 is 1.04. The fourth-order valence-corrected chi connectivity index (χ4v) is 3.43. The van der Waals surface area contributed by atoms with Crippen LogP contribution in [0.2, 0.25) is 0 Å². The van der Waals surface area contributed by atoms with Crippen molar-refractivity contribution in [3.05, 3.63) is 39.2 Å². The molecule has 0 atom stereocenters. The Kier molecular flexibility index (Phi) is 5.05. The number of aliphatic imine (C=N–C) groups is 1. The fourth-order valence-electron chi connectivity index (χ4n) is 2.00. The number of amides is 1. The van der Waals surface area contributed by atoms with Gasteiger partial charge < -0.3 is 0 Å². The molecule has 106 valence electrons. The highest BCUT2D eigenvalue weighted by Gasteiger charge is 2.33. The molecule has 0 unspecified atom stereocenters. The van der Waals surface area contributed by atoms with Gasteiger partial charge in [0.2, 0.25) is 0 Å². The third-order valence-electron chi connectivity index (χ3n) is 3.09. The zero-order valence-electron chi connectivity index (χ0n) is 11.8. The van der Waals surface area contributed by atoms with E-state index in [-0.39, 0.29) is 5.91 Å². The summed E-state index contributed by atoms with van der Waals surface area (Å²) in [6.45, 7) is 7.29. The van der Waals surface area contributed by atoms with Crippen LogP contribution in [0, 0.1) is 0 Å². The third-order valence-corrected chi connectivity index (χ3v) is 4.84. The largest absolute Gasteiger partial charge is 0.287 e. The lowest BCUT2D eigenvalue weighted by molar-refractivity contribution is -0.122. The van der Waals surface area contributed by atoms with Crippen LogP contribution in [0.15, 0.2) is 38.6 Å². The van der Waals surface area contributed by atoms with E-state index in [1.807, 2.05) is 45.0 Å². The zero-order chi connectivity index (χ0) is 14.7. The van der Waals surface area contributed by atoms with E-state index in [0.29, 0.717) is 13.1 Å². The molecule has 1 heterocycles. The maximum Gasteiger partial charge on any atom is 0.266 e. The van der Waals surface area contributed by atoms with Crippen molar-refractivity contribution >= 4 is 44.3 Å². The second-order valence-corrected chi connectivity index (χ2v) is 6.26. The van der Waals surface area contributed by atoms with E-state index in [9.17, 15) is 4.79 Å². The quantitative estimate of drug-likeness (QED) is 0.765. The lowest BCUT2D eigenvalue weighted by Gasteiger charge is -2.11. The number of hydrogen-bond acceptors (Lipinski definition) is 3. The van der Waals surface area contributed by atoms with E-state index in [4.69, 9.17) is 0 Å². The molecule has 0 N–H and O–H groups in total. The summed E-state index contributed by atoms with van der Waals surface area (Å²) >= 11 is 4.90. The number of carbonyl (C=O) groups excluding carboxylic acids is 1. The van der Waals surface area contributed by atoms with Crippen molar-refractivity contribution in [1.29, 1.82) is 0 Å². The molecule has 1 aliphatic heterocycles. The number of amidine groups is 1. The van der Waals surface area contributed by atoms with E-state index in [1.165, 1.54) is 11.8 Å². The monoisotopic (exact) mass is 352 g/mol. The summed E-state index contributed by atoms with van der Waals surface area (Å²) in [6.07, 6.45) is 0. The van der Waals surface area contributed by atoms with Gasteiger partial charge in [0.15, 0.2) is 5.17 Å². The van der Waals surface area contributed by atoms with E-state index < -0.39 is 0 Å². The lowest BCUT2D eigenvalue weighted by Crippen LogP contribution is -2.28. The molecule has 0 saturated carbocycles. The molecule has 3 nitrogen and oxygen atoms in total. The van der Waals surface area contributed by atoms with Crippen LogP contribution in [-0.2, 0) is 4.79 Å². The van der Waals surface area contributed by atoms with Gasteiger partial charge in [-0.2, -0.15) is 0 Å². The van der Waals surface area contributed by atoms with Gasteiger partial charge in [0.25, 0.3) is 5.91 Å². The van der Waals surface area contributed by atoms with Gasteiger partial charge in [-0.15, -0.1) is 0 Å². The van der Waals surface area contributed by atoms with Gasteiger partial charge in [-0.1, -0.05) is 28.1 Å². The minimum absolute atomic E-state index is 0.0603. The molecule has 1 aliphatic rings. The number of benzene rings is 1. The highest BCUT2D eigenvalue weighted by molar-refractivity contribution is 9.10. The minimum Gasteiger partial charge on any atom is -0.287 e. The molecule has 0 radical (unpaired) electrons. The summed E-state index contributed by atoms with van der Waals surface area (Å²) in [6, 6.07) is 8.02. The fraction of sp³-hybridized carbons (Fsp3) is 0.333. The van der Waals surface area contributed by atoms with Gasteiger partial charge in [0.1, 0.15) is 0 Å². The number of nitrogens with zero attached hydrogens (tertiary/aromatic N) is 2. The number of allylic oxidation sites excluding steroid dienone is 1. The standard InChI is InChI=1S/C15H17BrN2OS/c1-4-17-15-18(5-2)14(19)13(20-15)10(3)11-6-8-12(16)9-7-11/h6-9H,4-5H2,1-3H3/b13-10-,17-15?. The average molecular weight is 353 g/mol. The van der Waals surface area contributed by atoms with Gasteiger partial charge in [0.05, 0.1) is 4.91 Å². The molecular weight excluding hydrogens is 336 g/mol. The Hall–Kier alpha value is -1.07. The molecule has 2 rings (SSSR count). The topological polar surface area (TPSA) is 32.7 Å². The van der Waals surface area contributed by atoms with Gasteiger partial charge in [-0.25, -0.2) is 0 Å². The van der Waals surface area contributed by atoms with Crippen molar-refractivity contribution in [2.24, 2.45) is 4.99 Å². The normalized spacial score (nSPS) is 19.9. The highest BCUT2D eigenvalue weighted by atomic mass is 79.9. The van der Waals surface area contributed by atoms with Gasteiger partial charge in [-0.3, -0.25) is 14.7 Å². The summed E-state index contributed by atoms with van der Waals surface area (Å²) in [5.41, 5.74) is 2.07. The van der Waals surface area contributed by atoms with Crippen LogP contribution < -0.4 is 0 Å². The second kappa shape index (κ2) is 6.59. The Labute approximate surface area is 132 Å². The van der Waals surface area contributed by atoms with Crippen LogP contribution in [0.3, 0.4) is 0 Å². The van der Waals surface area contributed by atoms with Crippen molar-refractivity contribution in [3.8, 4) is 0 Å². The SMILES string of the molecule is CCN=C1S/C(=C(/C)c2ccc(Br)cc2)C(=O)N1CC. The highest BCUT2D eigenvalue weighted by Crippen LogP contribution is 2.36. The number of rotatable bonds is 3. The first-order valence-corrected chi connectivity index (χ1v) is 8.20. The van der Waals surface area contributed by atoms with Crippen LogP contribution in [0.25, 0.3) is 5.57 Å². The van der Waals surface area contributed by atoms with E-state index in [0.717, 1.165) is 25.7 Å². The van der Waals surface area contributed by atoms with Crippen LogP contribution in [0.1, 0.15) is 26.3 Å². The number of hydrogen-bond donors (Lipinski definition) is 0. The van der Waals surface area contributed by atoms with Gasteiger partial charge >= 0.3 is 0 Å². The van der Waals surface area contributed by atoms with E-state index in [1.54, 1.807) is 4.90 Å². The molecule has 0 aromatic heterocycles. The lowest BCUT2D eigenvalue weighted by atomic mass is 10.1. The van der Waals surface area contributed by atoms with E-state index >= 15 is 0 Å². The van der Waals surface area contributed by atoms with Crippen LogP contribution in [-0.4, -0.2) is 29.1 Å². The third kappa shape index (κ3) is 2.99. The Morgan fingerprint density at radius 3 is 2.50 bits per heavy atom. The smallest absolute Gasteiger partial charge is 0.266 e. The Morgan fingerprint density at radius 1 is 1.30 bits per heavy atom. The zero-order valence-corrected chi connectivity index (χ0v) is 14.2. The molecule has 1 amide bonds.